The summed E-state index contributed by atoms with van der Waals surface area (Å²) in [5.41, 5.74) is 6.24. The highest BCUT2D eigenvalue weighted by Gasteiger charge is 2.19. The van der Waals surface area contributed by atoms with Crippen molar-refractivity contribution >= 4 is 11.8 Å². The van der Waals surface area contributed by atoms with E-state index in [0.717, 1.165) is 39.7 Å². The Morgan fingerprint density at radius 2 is 1.55 bits per heavy atom. The number of aryl methyl sites for hydroxylation is 2. The molecule has 0 N–H and O–H groups in total. The van der Waals surface area contributed by atoms with Crippen LogP contribution in [0.3, 0.4) is 0 Å². The van der Waals surface area contributed by atoms with Crippen molar-refractivity contribution in [3.63, 3.8) is 0 Å². The summed E-state index contributed by atoms with van der Waals surface area (Å²) in [4.78, 5) is 4.67. The number of fused-ring (bicyclic) bond motifs is 1. The summed E-state index contributed by atoms with van der Waals surface area (Å²) in [5.74, 6) is 2.97. The van der Waals surface area contributed by atoms with Crippen LogP contribution in [0.4, 0.5) is 0 Å². The van der Waals surface area contributed by atoms with Crippen LogP contribution >= 0.6 is 0 Å². The molecule has 1 aromatic heterocycles. The number of ether oxygens (including phenoxy) is 1. The summed E-state index contributed by atoms with van der Waals surface area (Å²) in [6.45, 7) is 8.14. The lowest BCUT2D eigenvalue weighted by molar-refractivity contribution is 0.395. The molecule has 0 amide bonds. The van der Waals surface area contributed by atoms with E-state index in [1.165, 1.54) is 11.1 Å². The van der Waals surface area contributed by atoms with Gasteiger partial charge in [0.15, 0.2) is 0 Å². The molecule has 0 unspecified atom stereocenters. The number of hydrogen-bond donors (Lipinski definition) is 0. The van der Waals surface area contributed by atoms with E-state index in [1.807, 2.05) is 50.6 Å². The Kier molecular flexibility index (Phi) is 5.22. The molecule has 3 aromatic rings. The Labute approximate surface area is 172 Å². The van der Waals surface area contributed by atoms with Gasteiger partial charge < -0.3 is 9.15 Å². The first-order valence-electron chi connectivity index (χ1n) is 9.76. The Hall–Kier alpha value is -3.33. The van der Waals surface area contributed by atoms with Gasteiger partial charge >= 0.3 is 0 Å². The number of hydrogen-bond acceptors (Lipinski definition) is 3. The zero-order valence-corrected chi connectivity index (χ0v) is 17.2. The molecule has 4 rings (SSSR count). The Morgan fingerprint density at radius 3 is 2.21 bits per heavy atom. The molecule has 0 atom stereocenters. The summed E-state index contributed by atoms with van der Waals surface area (Å²) in [6.07, 6.45) is 7.87. The molecule has 0 bridgehead atoms. The predicted octanol–water partition coefficient (Wildman–Crippen LogP) is 6.89. The van der Waals surface area contributed by atoms with Crippen molar-refractivity contribution in [2.75, 3.05) is 0 Å². The first-order chi connectivity index (χ1) is 14.0. The molecular weight excluding hydrogens is 358 g/mol. The van der Waals surface area contributed by atoms with E-state index in [1.54, 1.807) is 0 Å². The molecule has 0 saturated heterocycles. The van der Waals surface area contributed by atoms with Crippen LogP contribution in [-0.2, 0) is 4.74 Å². The monoisotopic (exact) mass is 382 g/mol. The van der Waals surface area contributed by atoms with Gasteiger partial charge in [-0.05, 0) is 63.6 Å². The molecule has 2 aromatic carbocycles. The second-order valence-electron chi connectivity index (χ2n) is 7.28. The minimum atomic E-state index is 0.627. The van der Waals surface area contributed by atoms with Crippen molar-refractivity contribution in [3.8, 4) is 11.5 Å². The fourth-order valence-corrected chi connectivity index (χ4v) is 3.18. The fourth-order valence-electron chi connectivity index (χ4n) is 3.18. The first kappa shape index (κ1) is 19.0. The highest BCUT2D eigenvalue weighted by atomic mass is 16.5. The van der Waals surface area contributed by atoms with Gasteiger partial charge in [0.05, 0.1) is 6.42 Å². The molecular formula is C26H24NO2. The van der Waals surface area contributed by atoms with E-state index < -0.39 is 0 Å². The second kappa shape index (κ2) is 7.96. The molecule has 0 spiro atoms. The largest absolute Gasteiger partial charge is 0.457 e. The van der Waals surface area contributed by atoms with Gasteiger partial charge in [-0.1, -0.05) is 47.5 Å². The molecule has 1 aliphatic rings. The van der Waals surface area contributed by atoms with Crippen molar-refractivity contribution in [1.82, 2.24) is 4.98 Å². The third-order valence-electron chi connectivity index (χ3n) is 4.93. The Morgan fingerprint density at radius 1 is 0.897 bits per heavy atom. The number of aromatic nitrogens is 1. The quantitative estimate of drug-likeness (QED) is 0.461. The number of rotatable bonds is 4. The van der Waals surface area contributed by atoms with Gasteiger partial charge in [-0.15, -0.1) is 0 Å². The van der Waals surface area contributed by atoms with Gasteiger partial charge in [0.25, 0.3) is 0 Å². The Bertz CT molecular complexity index is 1110. The molecule has 0 fully saturated rings. The zero-order valence-electron chi connectivity index (χ0n) is 17.2. The minimum Gasteiger partial charge on any atom is -0.457 e. The van der Waals surface area contributed by atoms with E-state index in [9.17, 15) is 0 Å². The third kappa shape index (κ3) is 4.09. The van der Waals surface area contributed by atoms with Crippen LogP contribution in [0.15, 0.2) is 76.4 Å². The maximum atomic E-state index is 6.24. The highest BCUT2D eigenvalue weighted by Crippen LogP contribution is 2.31. The molecule has 1 radical (unpaired) electrons. The van der Waals surface area contributed by atoms with Crippen molar-refractivity contribution < 1.29 is 9.15 Å². The van der Waals surface area contributed by atoms with Crippen LogP contribution in [-0.4, -0.2) is 4.98 Å². The molecule has 1 heterocycles. The lowest BCUT2D eigenvalue weighted by atomic mass is 10.1. The zero-order chi connectivity index (χ0) is 20.4. The van der Waals surface area contributed by atoms with E-state index in [-0.39, 0.29) is 0 Å². The molecule has 0 aliphatic heterocycles. The molecule has 29 heavy (non-hydrogen) atoms. The highest BCUT2D eigenvalue weighted by molar-refractivity contribution is 5.65. The van der Waals surface area contributed by atoms with E-state index in [4.69, 9.17) is 9.15 Å². The van der Waals surface area contributed by atoms with E-state index in [0.29, 0.717) is 5.89 Å². The summed E-state index contributed by atoms with van der Waals surface area (Å²) in [6, 6.07) is 16.5. The summed E-state index contributed by atoms with van der Waals surface area (Å²) in [5, 5.41) is 0. The average molecular weight is 382 g/mol. The SMILES string of the molecule is C/C=C(/OC1=C(C)[CH]c2oc(-c3ccc(C)cc3)nc2C=C1)c1ccc(C)cc1. The van der Waals surface area contributed by atoms with E-state index in [2.05, 4.69) is 55.2 Å². The third-order valence-corrected chi connectivity index (χ3v) is 4.93. The summed E-state index contributed by atoms with van der Waals surface area (Å²) in [7, 11) is 0. The molecule has 1 aliphatic carbocycles. The van der Waals surface area contributed by atoms with Crippen molar-refractivity contribution in [3.05, 3.63) is 107 Å². The summed E-state index contributed by atoms with van der Waals surface area (Å²) >= 11 is 0. The number of allylic oxidation sites excluding steroid dienone is 3. The topological polar surface area (TPSA) is 35.3 Å². The number of oxazole rings is 1. The second-order valence-corrected chi connectivity index (χ2v) is 7.28. The van der Waals surface area contributed by atoms with Gasteiger partial charge in [0, 0.05) is 11.1 Å². The fraction of sp³-hybridized carbons (Fsp3) is 0.154. The first-order valence-corrected chi connectivity index (χ1v) is 9.76. The standard InChI is InChI=1S/C26H24NO2/c1-5-23(20-10-6-17(2)7-11-20)28-24-15-14-22-25(16-19(24)4)29-26(27-22)21-12-8-18(3)9-13-21/h5-16H,1-4H3/b23-5+. The minimum absolute atomic E-state index is 0.627. The normalized spacial score (nSPS) is 14.0. The van der Waals surface area contributed by atoms with Gasteiger partial charge in [0.2, 0.25) is 5.89 Å². The van der Waals surface area contributed by atoms with Crippen molar-refractivity contribution in [1.29, 1.82) is 0 Å². The molecule has 3 heteroatoms. The van der Waals surface area contributed by atoms with Gasteiger partial charge in [-0.25, -0.2) is 4.98 Å². The van der Waals surface area contributed by atoms with Gasteiger partial charge in [-0.2, -0.15) is 0 Å². The smallest absolute Gasteiger partial charge is 0.226 e. The maximum Gasteiger partial charge on any atom is 0.226 e. The lowest BCUT2D eigenvalue weighted by Crippen LogP contribution is -1.95. The van der Waals surface area contributed by atoms with Crippen LogP contribution < -0.4 is 0 Å². The maximum absolute atomic E-state index is 6.24. The van der Waals surface area contributed by atoms with Gasteiger partial charge in [0.1, 0.15) is 23.0 Å². The van der Waals surface area contributed by atoms with Crippen LogP contribution in [0.5, 0.6) is 0 Å². The Balaban J connectivity index is 1.58. The average Bonchev–Trinajstić information content (AvgIpc) is 3.05. The van der Waals surface area contributed by atoms with Gasteiger partial charge in [-0.3, -0.25) is 0 Å². The van der Waals surface area contributed by atoms with E-state index >= 15 is 0 Å². The number of nitrogens with zero attached hydrogens (tertiary/aromatic N) is 1. The molecule has 145 valence electrons. The van der Waals surface area contributed by atoms with Crippen LogP contribution in [0.25, 0.3) is 23.3 Å². The predicted molar refractivity (Wildman–Crippen MR) is 118 cm³/mol. The van der Waals surface area contributed by atoms with Crippen LogP contribution in [0.2, 0.25) is 0 Å². The summed E-state index contributed by atoms with van der Waals surface area (Å²) < 4.78 is 12.3. The van der Waals surface area contributed by atoms with Crippen LogP contribution in [0.1, 0.15) is 42.0 Å². The number of benzene rings is 2. The molecule has 0 saturated carbocycles. The lowest BCUT2D eigenvalue weighted by Gasteiger charge is -2.13. The van der Waals surface area contributed by atoms with Crippen LogP contribution in [0, 0.1) is 20.3 Å². The van der Waals surface area contributed by atoms with Crippen molar-refractivity contribution in [2.24, 2.45) is 0 Å². The molecule has 3 nitrogen and oxygen atoms in total. The van der Waals surface area contributed by atoms with Crippen molar-refractivity contribution in [2.45, 2.75) is 27.7 Å².